The van der Waals surface area contributed by atoms with E-state index in [-0.39, 0.29) is 12.0 Å². The van der Waals surface area contributed by atoms with Gasteiger partial charge in [-0.2, -0.15) is 0 Å². The summed E-state index contributed by atoms with van der Waals surface area (Å²) in [4.78, 5) is 14.1. The molecule has 2 fully saturated rings. The number of ether oxygens (including phenoxy) is 1. The highest BCUT2D eigenvalue weighted by Gasteiger charge is 2.37. The average Bonchev–Trinajstić information content (AvgIpc) is 2.77. The molecular formula is C13H23NO2. The van der Waals surface area contributed by atoms with Crippen LogP contribution in [0.25, 0.3) is 0 Å². The number of carbonyl (C=O) groups is 1. The predicted octanol–water partition coefficient (Wildman–Crippen LogP) is 2.20. The lowest BCUT2D eigenvalue weighted by atomic mass is 9.86. The first-order chi connectivity index (χ1) is 7.72. The van der Waals surface area contributed by atoms with E-state index in [0.29, 0.717) is 6.04 Å². The Labute approximate surface area is 98.1 Å². The molecule has 2 aliphatic rings. The second-order valence-corrected chi connectivity index (χ2v) is 5.34. The summed E-state index contributed by atoms with van der Waals surface area (Å²) < 4.78 is 4.90. The van der Waals surface area contributed by atoms with Gasteiger partial charge in [-0.25, -0.2) is 0 Å². The van der Waals surface area contributed by atoms with E-state index in [0.717, 1.165) is 25.3 Å². The molecule has 1 heterocycles. The van der Waals surface area contributed by atoms with Gasteiger partial charge in [0.1, 0.15) is 6.04 Å². The van der Waals surface area contributed by atoms with E-state index in [4.69, 9.17) is 4.74 Å². The molecule has 0 bridgehead atoms. The summed E-state index contributed by atoms with van der Waals surface area (Å²) in [6.45, 7) is 3.41. The largest absolute Gasteiger partial charge is 0.468 e. The van der Waals surface area contributed by atoms with Crippen molar-refractivity contribution in [3.63, 3.8) is 0 Å². The van der Waals surface area contributed by atoms with Gasteiger partial charge in [-0.15, -0.1) is 0 Å². The molecule has 0 aromatic carbocycles. The molecule has 0 aromatic heterocycles. The Kier molecular flexibility index (Phi) is 3.85. The third kappa shape index (κ3) is 2.40. The Morgan fingerprint density at radius 1 is 1.25 bits per heavy atom. The van der Waals surface area contributed by atoms with Crippen molar-refractivity contribution in [3.8, 4) is 0 Å². The fraction of sp³-hybridized carbons (Fsp3) is 0.923. The van der Waals surface area contributed by atoms with Crippen LogP contribution in [-0.4, -0.2) is 36.6 Å². The summed E-state index contributed by atoms with van der Waals surface area (Å²) in [5.41, 5.74) is 0. The zero-order valence-electron chi connectivity index (χ0n) is 10.4. The van der Waals surface area contributed by atoms with Crippen LogP contribution < -0.4 is 0 Å². The van der Waals surface area contributed by atoms with Crippen LogP contribution in [0.5, 0.6) is 0 Å². The maximum atomic E-state index is 11.7. The van der Waals surface area contributed by atoms with Crippen molar-refractivity contribution in [3.05, 3.63) is 0 Å². The SMILES string of the molecule is COC(=O)C1CCCN1C1CCCC(C)C1. The number of likely N-dealkylation sites (tertiary alicyclic amines) is 1. The standard InChI is InChI=1S/C13H23NO2/c1-10-5-3-6-11(9-10)14-8-4-7-12(14)13(15)16-2/h10-12H,3-9H2,1-2H3. The minimum Gasteiger partial charge on any atom is -0.468 e. The molecule has 3 unspecified atom stereocenters. The van der Waals surface area contributed by atoms with Gasteiger partial charge < -0.3 is 4.74 Å². The first-order valence-corrected chi connectivity index (χ1v) is 6.56. The van der Waals surface area contributed by atoms with Crippen LogP contribution in [0.15, 0.2) is 0 Å². The van der Waals surface area contributed by atoms with Gasteiger partial charge in [0.15, 0.2) is 0 Å². The molecule has 3 nitrogen and oxygen atoms in total. The molecule has 1 aliphatic carbocycles. The summed E-state index contributed by atoms with van der Waals surface area (Å²) in [5, 5.41) is 0. The van der Waals surface area contributed by atoms with Crippen molar-refractivity contribution in [1.82, 2.24) is 4.90 Å². The van der Waals surface area contributed by atoms with Crippen LogP contribution in [0.4, 0.5) is 0 Å². The molecule has 16 heavy (non-hydrogen) atoms. The van der Waals surface area contributed by atoms with E-state index >= 15 is 0 Å². The van der Waals surface area contributed by atoms with E-state index in [9.17, 15) is 4.79 Å². The fourth-order valence-corrected chi connectivity index (χ4v) is 3.32. The Bertz CT molecular complexity index is 254. The molecular weight excluding hydrogens is 202 g/mol. The van der Waals surface area contributed by atoms with Crippen molar-refractivity contribution in [2.24, 2.45) is 5.92 Å². The van der Waals surface area contributed by atoms with Gasteiger partial charge in [-0.3, -0.25) is 9.69 Å². The maximum absolute atomic E-state index is 11.7. The predicted molar refractivity (Wildman–Crippen MR) is 63.2 cm³/mol. The van der Waals surface area contributed by atoms with Crippen LogP contribution in [0.3, 0.4) is 0 Å². The first kappa shape index (κ1) is 11.9. The number of hydrogen-bond donors (Lipinski definition) is 0. The molecule has 0 aromatic rings. The van der Waals surface area contributed by atoms with Crippen LogP contribution in [0.2, 0.25) is 0 Å². The van der Waals surface area contributed by atoms with Gasteiger partial charge in [0.05, 0.1) is 7.11 Å². The van der Waals surface area contributed by atoms with Gasteiger partial charge in [0.25, 0.3) is 0 Å². The van der Waals surface area contributed by atoms with Gasteiger partial charge in [-0.1, -0.05) is 19.8 Å². The number of rotatable bonds is 2. The highest BCUT2D eigenvalue weighted by molar-refractivity contribution is 5.76. The van der Waals surface area contributed by atoms with Crippen molar-refractivity contribution >= 4 is 5.97 Å². The Morgan fingerprint density at radius 3 is 2.75 bits per heavy atom. The molecule has 0 spiro atoms. The molecule has 3 atom stereocenters. The average molecular weight is 225 g/mol. The minimum atomic E-state index is -0.0317. The lowest BCUT2D eigenvalue weighted by Gasteiger charge is -2.36. The summed E-state index contributed by atoms with van der Waals surface area (Å²) in [5.74, 6) is 0.786. The summed E-state index contributed by atoms with van der Waals surface area (Å²) in [6.07, 6.45) is 7.32. The molecule has 1 aliphatic heterocycles. The first-order valence-electron chi connectivity index (χ1n) is 6.56. The van der Waals surface area contributed by atoms with Crippen LogP contribution in [0.1, 0.15) is 45.4 Å². The second-order valence-electron chi connectivity index (χ2n) is 5.34. The number of methoxy groups -OCH3 is 1. The van der Waals surface area contributed by atoms with Crippen molar-refractivity contribution in [2.45, 2.75) is 57.5 Å². The zero-order chi connectivity index (χ0) is 11.5. The third-order valence-corrected chi connectivity index (χ3v) is 4.15. The van der Waals surface area contributed by atoms with Crippen LogP contribution >= 0.6 is 0 Å². The molecule has 2 rings (SSSR count). The Balaban J connectivity index is 1.99. The molecule has 1 saturated heterocycles. The van der Waals surface area contributed by atoms with E-state index < -0.39 is 0 Å². The van der Waals surface area contributed by atoms with Gasteiger partial charge in [0.2, 0.25) is 0 Å². The fourth-order valence-electron chi connectivity index (χ4n) is 3.32. The quantitative estimate of drug-likeness (QED) is 0.675. The molecule has 0 radical (unpaired) electrons. The number of nitrogens with zero attached hydrogens (tertiary/aromatic N) is 1. The van der Waals surface area contributed by atoms with E-state index in [2.05, 4.69) is 11.8 Å². The van der Waals surface area contributed by atoms with E-state index in [1.165, 1.54) is 32.8 Å². The molecule has 1 saturated carbocycles. The van der Waals surface area contributed by atoms with Crippen LogP contribution in [0, 0.1) is 5.92 Å². The second kappa shape index (κ2) is 5.17. The monoisotopic (exact) mass is 225 g/mol. The summed E-state index contributed by atoms with van der Waals surface area (Å²) in [6, 6.07) is 0.663. The summed E-state index contributed by atoms with van der Waals surface area (Å²) in [7, 11) is 1.50. The third-order valence-electron chi connectivity index (χ3n) is 4.15. The topological polar surface area (TPSA) is 29.5 Å². The Hall–Kier alpha value is -0.570. The number of esters is 1. The van der Waals surface area contributed by atoms with E-state index in [1.54, 1.807) is 0 Å². The molecule has 0 amide bonds. The van der Waals surface area contributed by atoms with Crippen molar-refractivity contribution < 1.29 is 9.53 Å². The number of carbonyl (C=O) groups excluding carboxylic acids is 1. The zero-order valence-corrected chi connectivity index (χ0v) is 10.4. The van der Waals surface area contributed by atoms with E-state index in [1.807, 2.05) is 0 Å². The lowest BCUT2D eigenvalue weighted by Crippen LogP contribution is -2.45. The maximum Gasteiger partial charge on any atom is 0.323 e. The van der Waals surface area contributed by atoms with Gasteiger partial charge >= 0.3 is 5.97 Å². The number of hydrogen-bond acceptors (Lipinski definition) is 3. The summed E-state index contributed by atoms with van der Waals surface area (Å²) >= 11 is 0. The smallest absolute Gasteiger partial charge is 0.323 e. The Morgan fingerprint density at radius 2 is 2.06 bits per heavy atom. The molecule has 92 valence electrons. The minimum absolute atomic E-state index is 0.0317. The molecule has 0 N–H and O–H groups in total. The van der Waals surface area contributed by atoms with Crippen LogP contribution in [-0.2, 0) is 9.53 Å². The van der Waals surface area contributed by atoms with Gasteiger partial charge in [0, 0.05) is 6.04 Å². The van der Waals surface area contributed by atoms with Crippen molar-refractivity contribution in [1.29, 1.82) is 0 Å². The highest BCUT2D eigenvalue weighted by atomic mass is 16.5. The lowest BCUT2D eigenvalue weighted by molar-refractivity contribution is -0.147. The van der Waals surface area contributed by atoms with Crippen molar-refractivity contribution in [2.75, 3.05) is 13.7 Å². The highest BCUT2D eigenvalue weighted by Crippen LogP contribution is 2.32. The normalized spacial score (nSPS) is 36.2. The molecule has 3 heteroatoms. The van der Waals surface area contributed by atoms with Gasteiger partial charge in [-0.05, 0) is 38.1 Å².